The molecule has 0 unspecified atom stereocenters. The van der Waals surface area contributed by atoms with Crippen molar-refractivity contribution in [1.82, 2.24) is 10.3 Å². The lowest BCUT2D eigenvalue weighted by Gasteiger charge is -2.26. The number of rotatable bonds is 1. The Morgan fingerprint density at radius 1 is 1.14 bits per heavy atom. The largest absolute Gasteiger partial charge is 0.380 e. The number of amides is 1. The van der Waals surface area contributed by atoms with Crippen LogP contribution < -0.4 is 10.2 Å². The van der Waals surface area contributed by atoms with Crippen LogP contribution in [0.2, 0.25) is 5.02 Å². The Morgan fingerprint density at radius 3 is 2.89 bits per heavy atom. The molecule has 2 bridgehead atoms. The maximum atomic E-state index is 13.7. The highest BCUT2D eigenvalue weighted by Gasteiger charge is 2.17. The average Bonchev–Trinajstić information content (AvgIpc) is 2.72. The van der Waals surface area contributed by atoms with Crippen LogP contribution in [-0.4, -0.2) is 37.2 Å². The molecule has 0 radical (unpaired) electrons. The Labute approximate surface area is 167 Å². The fourth-order valence-electron chi connectivity index (χ4n) is 3.29. The van der Waals surface area contributed by atoms with Gasteiger partial charge in [0.05, 0.1) is 22.8 Å². The maximum absolute atomic E-state index is 13.7. The van der Waals surface area contributed by atoms with Crippen molar-refractivity contribution in [2.75, 3.05) is 31.2 Å². The summed E-state index contributed by atoms with van der Waals surface area (Å²) in [7, 11) is 0. The molecule has 0 saturated carbocycles. The van der Waals surface area contributed by atoms with Gasteiger partial charge in [-0.1, -0.05) is 11.6 Å². The Balaban J connectivity index is 1.87. The lowest BCUT2D eigenvalue weighted by Crippen LogP contribution is -2.25. The van der Waals surface area contributed by atoms with E-state index in [9.17, 15) is 9.18 Å². The maximum Gasteiger partial charge on any atom is 0.251 e. The minimum absolute atomic E-state index is 0.0553. The van der Waals surface area contributed by atoms with Crippen LogP contribution >= 0.6 is 11.6 Å². The summed E-state index contributed by atoms with van der Waals surface area (Å²) >= 11 is 6.02. The van der Waals surface area contributed by atoms with Gasteiger partial charge >= 0.3 is 0 Å². The van der Waals surface area contributed by atoms with E-state index < -0.39 is 5.82 Å². The van der Waals surface area contributed by atoms with Crippen molar-refractivity contribution >= 4 is 39.8 Å². The van der Waals surface area contributed by atoms with E-state index in [0.717, 1.165) is 28.7 Å². The molecule has 1 aliphatic heterocycles. The summed E-state index contributed by atoms with van der Waals surface area (Å²) in [6.45, 7) is 2.12. The van der Waals surface area contributed by atoms with Crippen LogP contribution in [0.5, 0.6) is 0 Å². The van der Waals surface area contributed by atoms with E-state index in [1.165, 1.54) is 6.07 Å². The molecule has 0 saturated heterocycles. The van der Waals surface area contributed by atoms with E-state index in [0.29, 0.717) is 31.9 Å². The molecule has 5 nitrogen and oxygen atoms in total. The van der Waals surface area contributed by atoms with Gasteiger partial charge < -0.3 is 15.0 Å². The Hall–Kier alpha value is -2.70. The number of carbonyl (C=O) groups excluding carboxylic acids is 1. The lowest BCUT2D eigenvalue weighted by molar-refractivity contribution is 0.0943. The Bertz CT molecular complexity index is 1030. The summed E-state index contributed by atoms with van der Waals surface area (Å²) in [6, 6.07) is 11.9. The highest BCUT2D eigenvalue weighted by molar-refractivity contribution is 6.31. The van der Waals surface area contributed by atoms with Crippen molar-refractivity contribution in [3.05, 3.63) is 65.1 Å². The van der Waals surface area contributed by atoms with Crippen LogP contribution in [0.4, 0.5) is 15.8 Å². The number of nitrogens with one attached hydrogen (secondary N) is 1. The van der Waals surface area contributed by atoms with E-state index in [1.54, 1.807) is 24.4 Å². The van der Waals surface area contributed by atoms with Gasteiger partial charge in [-0.2, -0.15) is 0 Å². The molecule has 1 N–H and O–H groups in total. The molecule has 3 aromatic rings. The quantitative estimate of drug-likeness (QED) is 0.662. The summed E-state index contributed by atoms with van der Waals surface area (Å²) in [5.74, 6) is -0.599. The van der Waals surface area contributed by atoms with Crippen molar-refractivity contribution in [3.63, 3.8) is 0 Å². The van der Waals surface area contributed by atoms with Gasteiger partial charge in [0.15, 0.2) is 0 Å². The number of pyridine rings is 1. The van der Waals surface area contributed by atoms with Crippen LogP contribution in [-0.2, 0) is 4.74 Å². The highest BCUT2D eigenvalue weighted by Crippen LogP contribution is 2.33. The zero-order chi connectivity index (χ0) is 19.5. The number of fused-ring (bicyclic) bond motifs is 1. The zero-order valence-electron chi connectivity index (χ0n) is 15.1. The first-order valence-corrected chi connectivity index (χ1v) is 9.48. The molecule has 0 fully saturated rings. The average molecular weight is 400 g/mol. The number of nitrogens with zero attached hydrogens (tertiary/aromatic N) is 2. The molecule has 7 heteroatoms. The van der Waals surface area contributed by atoms with Crippen LogP contribution in [0.25, 0.3) is 10.9 Å². The molecule has 0 spiro atoms. The minimum atomic E-state index is -0.467. The molecule has 1 aliphatic rings. The molecular formula is C21H19ClFN3O2. The van der Waals surface area contributed by atoms with Gasteiger partial charge in [-0.3, -0.25) is 9.78 Å². The number of hydrogen-bond donors (Lipinski definition) is 1. The van der Waals surface area contributed by atoms with Gasteiger partial charge in [0.1, 0.15) is 5.82 Å². The van der Waals surface area contributed by atoms with E-state index >= 15 is 0 Å². The second-order valence-corrected chi connectivity index (χ2v) is 6.94. The van der Waals surface area contributed by atoms with Crippen molar-refractivity contribution in [1.29, 1.82) is 0 Å². The van der Waals surface area contributed by atoms with Crippen molar-refractivity contribution < 1.29 is 13.9 Å². The lowest BCUT2D eigenvalue weighted by atomic mass is 10.1. The number of ether oxygens (including phenoxy) is 1. The summed E-state index contributed by atoms with van der Waals surface area (Å²) in [5, 5.41) is 3.79. The molecule has 144 valence electrons. The molecule has 4 rings (SSSR count). The number of aromatic nitrogens is 1. The van der Waals surface area contributed by atoms with Crippen molar-refractivity contribution in [2.45, 2.75) is 6.42 Å². The topological polar surface area (TPSA) is 54.5 Å². The van der Waals surface area contributed by atoms with E-state index in [-0.39, 0.29) is 10.9 Å². The summed E-state index contributed by atoms with van der Waals surface area (Å²) in [4.78, 5) is 18.9. The predicted molar refractivity (Wildman–Crippen MR) is 108 cm³/mol. The number of halogens is 2. The standard InChI is InChI=1S/C21H19ClFN3O2/c22-17-13-15(3-4-18(17)23)26-9-11-28-10-1-7-25-21(27)14-2-5-19-16(12-14)20(26)6-8-24-19/h2-6,8,12-13H,1,7,9-11H2,(H,25,27). The smallest absolute Gasteiger partial charge is 0.251 e. The fourth-order valence-corrected chi connectivity index (χ4v) is 3.46. The van der Waals surface area contributed by atoms with Crippen LogP contribution in [0.3, 0.4) is 0 Å². The number of carbonyl (C=O) groups is 1. The first-order chi connectivity index (χ1) is 13.6. The first-order valence-electron chi connectivity index (χ1n) is 9.11. The van der Waals surface area contributed by atoms with E-state index in [1.807, 2.05) is 23.1 Å². The second kappa shape index (κ2) is 8.12. The third kappa shape index (κ3) is 3.79. The van der Waals surface area contributed by atoms with Gasteiger partial charge in [0.25, 0.3) is 5.91 Å². The Kier molecular flexibility index (Phi) is 5.41. The normalized spacial score (nSPS) is 15.6. The van der Waals surface area contributed by atoms with Gasteiger partial charge in [-0.05, 0) is 48.9 Å². The molecule has 2 heterocycles. The minimum Gasteiger partial charge on any atom is -0.380 e. The third-order valence-electron chi connectivity index (χ3n) is 4.70. The summed E-state index contributed by atoms with van der Waals surface area (Å²) in [5.41, 5.74) is 2.93. The van der Waals surface area contributed by atoms with Gasteiger partial charge in [-0.15, -0.1) is 0 Å². The van der Waals surface area contributed by atoms with Crippen LogP contribution in [0, 0.1) is 5.82 Å². The van der Waals surface area contributed by atoms with E-state index in [2.05, 4.69) is 10.3 Å². The van der Waals surface area contributed by atoms with Crippen molar-refractivity contribution in [2.24, 2.45) is 0 Å². The molecule has 1 amide bonds. The van der Waals surface area contributed by atoms with Gasteiger partial charge in [-0.25, -0.2) is 4.39 Å². The van der Waals surface area contributed by atoms with Gasteiger partial charge in [0, 0.05) is 42.5 Å². The number of benzene rings is 2. The zero-order valence-corrected chi connectivity index (χ0v) is 15.9. The molecular weight excluding hydrogens is 381 g/mol. The summed E-state index contributed by atoms with van der Waals surface area (Å²) < 4.78 is 19.4. The van der Waals surface area contributed by atoms with Crippen molar-refractivity contribution in [3.8, 4) is 0 Å². The fraction of sp³-hybridized carbons (Fsp3) is 0.238. The van der Waals surface area contributed by atoms with Gasteiger partial charge in [0.2, 0.25) is 0 Å². The highest BCUT2D eigenvalue weighted by atomic mass is 35.5. The molecule has 0 atom stereocenters. The number of anilines is 2. The summed E-state index contributed by atoms with van der Waals surface area (Å²) in [6.07, 6.45) is 2.44. The molecule has 2 aromatic carbocycles. The molecule has 1 aromatic heterocycles. The van der Waals surface area contributed by atoms with Crippen LogP contribution in [0.15, 0.2) is 48.7 Å². The third-order valence-corrected chi connectivity index (χ3v) is 4.99. The number of hydrogen-bond acceptors (Lipinski definition) is 4. The molecule has 0 aliphatic carbocycles. The second-order valence-electron chi connectivity index (χ2n) is 6.53. The van der Waals surface area contributed by atoms with E-state index in [4.69, 9.17) is 16.3 Å². The first kappa shape index (κ1) is 18.7. The SMILES string of the molecule is O=C1NCCCOCCN(c2ccc(F)c(Cl)c2)c2ccnc3ccc1cc23. The van der Waals surface area contributed by atoms with Crippen LogP contribution in [0.1, 0.15) is 16.8 Å². The molecule has 28 heavy (non-hydrogen) atoms. The Morgan fingerprint density at radius 2 is 2.04 bits per heavy atom. The monoisotopic (exact) mass is 399 g/mol. The predicted octanol–water partition coefficient (Wildman–Crippen LogP) is 4.32.